The van der Waals surface area contributed by atoms with Crippen LogP contribution >= 0.6 is 11.8 Å². The first kappa shape index (κ1) is 19.4. The summed E-state index contributed by atoms with van der Waals surface area (Å²) >= 11 is 0.869. The molecule has 0 atom stereocenters. The smallest absolute Gasteiger partial charge is 0.307 e. The minimum Gasteiger partial charge on any atom is -0.496 e. The number of H-pyrrole nitrogens is 1. The second kappa shape index (κ2) is 8.99. The van der Waals surface area contributed by atoms with Crippen LogP contribution in [0.25, 0.3) is 10.9 Å². The molecule has 0 aliphatic heterocycles. The first-order chi connectivity index (χ1) is 13.6. The molecule has 8 heteroatoms. The van der Waals surface area contributed by atoms with Crippen LogP contribution in [0.15, 0.2) is 53.4 Å². The molecule has 4 N–H and O–H groups in total. The fourth-order valence-electron chi connectivity index (χ4n) is 2.53. The van der Waals surface area contributed by atoms with Crippen LogP contribution < -0.4 is 15.5 Å². The van der Waals surface area contributed by atoms with Crippen molar-refractivity contribution < 1.29 is 19.5 Å². The number of amides is 2. The highest BCUT2D eigenvalue weighted by Crippen LogP contribution is 2.25. The molecule has 142 valence electrons. The lowest BCUT2D eigenvalue weighted by atomic mass is 10.2. The summed E-state index contributed by atoms with van der Waals surface area (Å²) in [7, 11) is 1.59. The van der Waals surface area contributed by atoms with Crippen molar-refractivity contribution in [3.05, 3.63) is 59.8 Å². The predicted molar refractivity (Wildman–Crippen MR) is 107 cm³/mol. The van der Waals surface area contributed by atoms with E-state index in [4.69, 9.17) is 9.94 Å². The van der Waals surface area contributed by atoms with E-state index in [0.29, 0.717) is 16.3 Å². The Morgan fingerprint density at radius 1 is 1.21 bits per heavy atom. The molecule has 3 aromatic rings. The van der Waals surface area contributed by atoms with Crippen LogP contribution in [0.5, 0.6) is 5.75 Å². The molecule has 0 bridgehead atoms. The molecule has 0 radical (unpaired) electrons. The van der Waals surface area contributed by atoms with Crippen molar-refractivity contribution in [3.63, 3.8) is 0 Å². The number of hydrogen-bond acceptors (Lipinski definition) is 5. The number of nitrogens with one attached hydrogen (secondary N) is 3. The van der Waals surface area contributed by atoms with Crippen molar-refractivity contribution in [1.82, 2.24) is 15.8 Å². The second-order valence-corrected chi connectivity index (χ2v) is 6.66. The van der Waals surface area contributed by atoms with Crippen molar-refractivity contribution in [2.75, 3.05) is 13.7 Å². The Hall–Kier alpha value is -3.41. The van der Waals surface area contributed by atoms with Crippen LogP contribution in [0.4, 0.5) is 4.79 Å². The molecule has 2 aromatic carbocycles. The van der Waals surface area contributed by atoms with E-state index < -0.39 is 5.24 Å². The summed E-state index contributed by atoms with van der Waals surface area (Å²) in [6.07, 6.45) is 0. The third-order valence-corrected chi connectivity index (χ3v) is 4.60. The maximum absolute atomic E-state index is 12.3. The lowest BCUT2D eigenvalue weighted by molar-refractivity contribution is 0.0954. The highest BCUT2D eigenvalue weighted by molar-refractivity contribution is 8.13. The van der Waals surface area contributed by atoms with Gasteiger partial charge in [-0.15, -0.1) is 0 Å². The van der Waals surface area contributed by atoms with Gasteiger partial charge < -0.3 is 15.0 Å². The fraction of sp³-hybridized carbons (Fsp3) is 0.100. The van der Waals surface area contributed by atoms with Crippen molar-refractivity contribution in [2.45, 2.75) is 4.90 Å². The van der Waals surface area contributed by atoms with Crippen LogP contribution in [0.1, 0.15) is 16.1 Å². The van der Waals surface area contributed by atoms with Gasteiger partial charge in [0, 0.05) is 21.4 Å². The van der Waals surface area contributed by atoms with Gasteiger partial charge in [-0.3, -0.25) is 14.8 Å². The molecule has 0 fully saturated rings. The number of ether oxygens (including phenoxy) is 1. The van der Waals surface area contributed by atoms with Gasteiger partial charge in [0.05, 0.1) is 13.7 Å². The molecule has 0 aliphatic carbocycles. The fourth-order valence-corrected chi connectivity index (χ4v) is 3.06. The van der Waals surface area contributed by atoms with E-state index >= 15 is 0 Å². The molecule has 28 heavy (non-hydrogen) atoms. The van der Waals surface area contributed by atoms with Gasteiger partial charge in [0.1, 0.15) is 11.4 Å². The Bertz CT molecular complexity index is 1060. The number of rotatable bonds is 4. The molecular weight excluding hydrogens is 378 g/mol. The Morgan fingerprint density at radius 2 is 2.00 bits per heavy atom. The third-order valence-electron chi connectivity index (χ3n) is 3.81. The summed E-state index contributed by atoms with van der Waals surface area (Å²) in [6.45, 7) is 0.189. The number of aromatic amines is 1. The maximum atomic E-state index is 12.3. The second-order valence-electron chi connectivity index (χ2n) is 5.61. The van der Waals surface area contributed by atoms with Crippen LogP contribution in [-0.2, 0) is 0 Å². The Kier molecular flexibility index (Phi) is 6.22. The van der Waals surface area contributed by atoms with Gasteiger partial charge in [-0.25, -0.2) is 5.48 Å². The first-order valence-electron chi connectivity index (χ1n) is 8.25. The Morgan fingerprint density at radius 3 is 2.71 bits per heavy atom. The zero-order valence-corrected chi connectivity index (χ0v) is 15.7. The minimum absolute atomic E-state index is 0.189. The molecule has 0 spiro atoms. The van der Waals surface area contributed by atoms with Gasteiger partial charge in [0.25, 0.3) is 5.91 Å². The number of fused-ring (bicyclic) bond motifs is 1. The molecule has 2 amide bonds. The number of aromatic nitrogens is 1. The average molecular weight is 395 g/mol. The molecule has 0 unspecified atom stereocenters. The van der Waals surface area contributed by atoms with Gasteiger partial charge in [-0.2, -0.15) is 0 Å². The lowest BCUT2D eigenvalue weighted by Gasteiger charge is -1.99. The van der Waals surface area contributed by atoms with E-state index in [2.05, 4.69) is 22.1 Å². The molecule has 0 aliphatic rings. The predicted octanol–water partition coefficient (Wildman–Crippen LogP) is 3.15. The summed E-state index contributed by atoms with van der Waals surface area (Å²) < 4.78 is 5.29. The van der Waals surface area contributed by atoms with E-state index in [1.807, 2.05) is 18.2 Å². The van der Waals surface area contributed by atoms with Gasteiger partial charge in [-0.1, -0.05) is 17.9 Å². The van der Waals surface area contributed by atoms with E-state index in [1.54, 1.807) is 42.9 Å². The normalized spacial score (nSPS) is 10.1. The van der Waals surface area contributed by atoms with Crippen LogP contribution in [0, 0.1) is 11.8 Å². The number of hydrogen-bond donors (Lipinski definition) is 4. The molecule has 0 saturated carbocycles. The van der Waals surface area contributed by atoms with Crippen molar-refractivity contribution in [1.29, 1.82) is 0 Å². The van der Waals surface area contributed by atoms with E-state index in [9.17, 15) is 9.59 Å². The van der Waals surface area contributed by atoms with E-state index in [0.717, 1.165) is 28.2 Å². The van der Waals surface area contributed by atoms with Crippen LogP contribution in [0.3, 0.4) is 0 Å². The zero-order chi connectivity index (χ0) is 19.9. The van der Waals surface area contributed by atoms with Crippen molar-refractivity contribution >= 4 is 33.8 Å². The summed E-state index contributed by atoms with van der Waals surface area (Å²) in [5.74, 6) is 6.26. The molecule has 1 heterocycles. The highest BCUT2D eigenvalue weighted by Gasteiger charge is 2.11. The van der Waals surface area contributed by atoms with Gasteiger partial charge in [0.15, 0.2) is 0 Å². The molecule has 1 aromatic heterocycles. The average Bonchev–Trinajstić information content (AvgIpc) is 3.16. The number of carbonyl (C=O) groups is 2. The summed E-state index contributed by atoms with van der Waals surface area (Å²) in [5.41, 5.74) is 3.56. The minimum atomic E-state index is -0.559. The molecule has 7 nitrogen and oxygen atoms in total. The topological polar surface area (TPSA) is 103 Å². The number of benzene rings is 2. The molecule has 0 saturated heterocycles. The SMILES string of the molecule is COc1cccc2[nH]c(C(=O)NCC#Cc3ccc(SC(=O)NO)cc3)cc12. The largest absolute Gasteiger partial charge is 0.496 e. The van der Waals surface area contributed by atoms with E-state index in [-0.39, 0.29) is 12.5 Å². The highest BCUT2D eigenvalue weighted by atomic mass is 32.2. The number of carbonyl (C=O) groups excluding carboxylic acids is 2. The Labute approximate surface area is 165 Å². The van der Waals surface area contributed by atoms with Gasteiger partial charge >= 0.3 is 5.24 Å². The van der Waals surface area contributed by atoms with Crippen LogP contribution in [0.2, 0.25) is 0 Å². The molecule has 3 rings (SSSR count). The summed E-state index contributed by atoms with van der Waals surface area (Å²) in [5, 5.41) is 11.5. The monoisotopic (exact) mass is 395 g/mol. The van der Waals surface area contributed by atoms with Gasteiger partial charge in [-0.05, 0) is 54.2 Å². The summed E-state index contributed by atoms with van der Waals surface area (Å²) in [4.78, 5) is 27.1. The first-order valence-corrected chi connectivity index (χ1v) is 9.07. The summed E-state index contributed by atoms with van der Waals surface area (Å²) in [6, 6.07) is 14.3. The third kappa shape index (κ3) is 4.65. The van der Waals surface area contributed by atoms with Crippen molar-refractivity contribution in [3.8, 4) is 17.6 Å². The van der Waals surface area contributed by atoms with Gasteiger partial charge in [0.2, 0.25) is 0 Å². The van der Waals surface area contributed by atoms with E-state index in [1.165, 1.54) is 0 Å². The maximum Gasteiger partial charge on any atom is 0.307 e. The lowest BCUT2D eigenvalue weighted by Crippen LogP contribution is -2.23. The molecular formula is C20H17N3O4S. The van der Waals surface area contributed by atoms with Crippen LogP contribution in [-0.4, -0.2) is 35.0 Å². The standard InChI is InChI=1S/C20H17N3O4S/c1-27-18-6-2-5-16-15(18)12-17(22-16)19(24)21-11-3-4-13-7-9-14(10-8-13)28-20(25)23-26/h2,5-10,12,22,26H,11H2,1H3,(H,21,24)(H,23,25). The Balaban J connectivity index is 1.58. The zero-order valence-electron chi connectivity index (χ0n) is 14.9. The number of hydroxylamine groups is 1. The quantitative estimate of drug-likeness (QED) is 0.235. The number of methoxy groups -OCH3 is 1. The number of thioether (sulfide) groups is 1. The van der Waals surface area contributed by atoms with Crippen molar-refractivity contribution in [2.24, 2.45) is 0 Å².